The number of aromatic nitrogens is 3. The number of methoxy groups -OCH3 is 2. The van der Waals surface area contributed by atoms with Gasteiger partial charge in [-0.05, 0) is 36.6 Å². The third-order valence-corrected chi connectivity index (χ3v) is 6.54. The van der Waals surface area contributed by atoms with Crippen LogP contribution in [0.25, 0.3) is 5.69 Å². The van der Waals surface area contributed by atoms with E-state index in [0.29, 0.717) is 24.3 Å². The van der Waals surface area contributed by atoms with Crippen LogP contribution < -0.4 is 15.0 Å². The van der Waals surface area contributed by atoms with Gasteiger partial charge in [-0.1, -0.05) is 26.0 Å². The molecular weight excluding hydrogens is 434 g/mol. The predicted octanol–water partition coefficient (Wildman–Crippen LogP) is 2.77. The van der Waals surface area contributed by atoms with E-state index >= 15 is 0 Å². The van der Waals surface area contributed by atoms with Crippen LogP contribution in [0.3, 0.4) is 0 Å². The summed E-state index contributed by atoms with van der Waals surface area (Å²) in [6.45, 7) is 4.01. The molecule has 3 rings (SSSR count). The van der Waals surface area contributed by atoms with Crippen molar-refractivity contribution in [3.63, 3.8) is 0 Å². The largest absolute Gasteiger partial charge is 0.494 e. The molecule has 170 valence electrons. The van der Waals surface area contributed by atoms with E-state index in [2.05, 4.69) is 9.97 Å². The maximum Gasteiger partial charge on any atom is 0.296 e. The maximum absolute atomic E-state index is 13.2. The second-order valence-corrected chi connectivity index (χ2v) is 9.27. The minimum absolute atomic E-state index is 0.184. The molecule has 0 aliphatic rings. The van der Waals surface area contributed by atoms with E-state index < -0.39 is 26.2 Å². The third kappa shape index (κ3) is 4.31. The number of rotatable bonds is 8. The molecule has 0 bridgehead atoms. The summed E-state index contributed by atoms with van der Waals surface area (Å²) in [5, 5.41) is 10.8. The lowest BCUT2D eigenvalue weighted by Gasteiger charge is -2.21. The van der Waals surface area contributed by atoms with Crippen LogP contribution in [0.4, 0.5) is 0 Å². The zero-order valence-electron chi connectivity index (χ0n) is 18.3. The van der Waals surface area contributed by atoms with Gasteiger partial charge in [-0.25, -0.2) is 13.4 Å². The van der Waals surface area contributed by atoms with Gasteiger partial charge in [-0.15, -0.1) is 0 Å². The van der Waals surface area contributed by atoms with Gasteiger partial charge < -0.3 is 14.6 Å². The number of sulfone groups is 1. The van der Waals surface area contributed by atoms with Crippen molar-refractivity contribution in [3.8, 4) is 23.1 Å². The highest BCUT2D eigenvalue weighted by atomic mass is 32.2. The SMILES string of the molecule is COc1cccc(OC)c1-n1c(CCC(C)C)nc(=O)c(S(=O)(=O)c2ccccn2)c1O. The lowest BCUT2D eigenvalue weighted by atomic mass is 10.1. The van der Waals surface area contributed by atoms with Crippen molar-refractivity contribution in [3.05, 3.63) is 58.8 Å². The number of hydrogen-bond donors (Lipinski definition) is 1. The van der Waals surface area contributed by atoms with E-state index in [4.69, 9.17) is 9.47 Å². The van der Waals surface area contributed by atoms with Gasteiger partial charge in [0.15, 0.2) is 5.03 Å². The molecule has 0 spiro atoms. The first-order valence-electron chi connectivity index (χ1n) is 9.94. The Hall–Kier alpha value is -3.40. The molecule has 0 saturated heterocycles. The van der Waals surface area contributed by atoms with Crippen molar-refractivity contribution < 1.29 is 23.0 Å². The Morgan fingerprint density at radius 1 is 1.06 bits per heavy atom. The first kappa shape index (κ1) is 23.3. The molecule has 10 heteroatoms. The molecule has 1 aromatic carbocycles. The Kier molecular flexibility index (Phi) is 6.83. The molecule has 32 heavy (non-hydrogen) atoms. The van der Waals surface area contributed by atoms with E-state index in [0.717, 1.165) is 0 Å². The molecule has 0 unspecified atom stereocenters. The second kappa shape index (κ2) is 9.39. The molecule has 0 radical (unpaired) electrons. The number of aryl methyl sites for hydroxylation is 1. The fraction of sp³-hybridized carbons (Fsp3) is 0.318. The summed E-state index contributed by atoms with van der Waals surface area (Å²) in [6.07, 6.45) is 2.25. The first-order valence-corrected chi connectivity index (χ1v) is 11.4. The predicted molar refractivity (Wildman–Crippen MR) is 117 cm³/mol. The van der Waals surface area contributed by atoms with Gasteiger partial charge in [0.1, 0.15) is 23.0 Å². The molecule has 1 N–H and O–H groups in total. The molecule has 0 saturated carbocycles. The maximum atomic E-state index is 13.2. The van der Waals surface area contributed by atoms with Gasteiger partial charge in [0.25, 0.3) is 5.56 Å². The number of hydrogen-bond acceptors (Lipinski definition) is 8. The van der Waals surface area contributed by atoms with Gasteiger partial charge >= 0.3 is 0 Å². The number of ether oxygens (including phenoxy) is 2. The molecule has 9 nitrogen and oxygen atoms in total. The Morgan fingerprint density at radius 3 is 2.25 bits per heavy atom. The topological polar surface area (TPSA) is 121 Å². The van der Waals surface area contributed by atoms with Crippen LogP contribution in [-0.4, -0.2) is 42.3 Å². The van der Waals surface area contributed by atoms with E-state index in [-0.39, 0.29) is 22.5 Å². The first-order chi connectivity index (χ1) is 15.2. The average Bonchev–Trinajstić information content (AvgIpc) is 2.77. The number of aromatic hydroxyl groups is 1. The summed E-state index contributed by atoms with van der Waals surface area (Å²) in [7, 11) is -1.59. The summed E-state index contributed by atoms with van der Waals surface area (Å²) in [4.78, 5) is 19.9. The van der Waals surface area contributed by atoms with Crippen molar-refractivity contribution in [1.29, 1.82) is 0 Å². The highest BCUT2D eigenvalue weighted by Crippen LogP contribution is 2.38. The fourth-order valence-electron chi connectivity index (χ4n) is 3.26. The summed E-state index contributed by atoms with van der Waals surface area (Å²) in [6, 6.07) is 9.22. The third-order valence-electron chi connectivity index (χ3n) is 4.85. The molecule has 0 fully saturated rings. The van der Waals surface area contributed by atoms with Gasteiger partial charge in [0.2, 0.25) is 20.6 Å². The highest BCUT2D eigenvalue weighted by molar-refractivity contribution is 7.91. The van der Waals surface area contributed by atoms with Crippen LogP contribution in [0, 0.1) is 5.92 Å². The van der Waals surface area contributed by atoms with Gasteiger partial charge in [0.05, 0.1) is 14.2 Å². The van der Waals surface area contributed by atoms with Crippen molar-refractivity contribution >= 4 is 9.84 Å². The molecule has 0 atom stereocenters. The van der Waals surface area contributed by atoms with Gasteiger partial charge in [-0.3, -0.25) is 9.36 Å². The van der Waals surface area contributed by atoms with E-state index in [1.54, 1.807) is 24.3 Å². The second-order valence-electron chi connectivity index (χ2n) is 7.44. The van der Waals surface area contributed by atoms with Crippen LogP contribution in [0.1, 0.15) is 26.1 Å². The number of benzene rings is 1. The Labute approximate surface area is 186 Å². The van der Waals surface area contributed by atoms with Crippen LogP contribution in [-0.2, 0) is 16.3 Å². The number of nitrogens with zero attached hydrogens (tertiary/aromatic N) is 3. The molecule has 0 amide bonds. The van der Waals surface area contributed by atoms with Crippen molar-refractivity contribution in [2.75, 3.05) is 14.2 Å². The van der Waals surface area contributed by atoms with E-state index in [1.165, 1.54) is 37.1 Å². The molecule has 0 aliphatic carbocycles. The Balaban J connectivity index is 2.41. The normalized spacial score (nSPS) is 11.5. The fourth-order valence-corrected chi connectivity index (χ4v) is 4.53. The highest BCUT2D eigenvalue weighted by Gasteiger charge is 2.32. The molecule has 3 aromatic rings. The van der Waals surface area contributed by atoms with E-state index in [9.17, 15) is 18.3 Å². The van der Waals surface area contributed by atoms with Crippen LogP contribution in [0.15, 0.2) is 57.3 Å². The summed E-state index contributed by atoms with van der Waals surface area (Å²) in [5.41, 5.74) is -0.823. The smallest absolute Gasteiger partial charge is 0.296 e. The van der Waals surface area contributed by atoms with Crippen LogP contribution in [0.5, 0.6) is 17.4 Å². The zero-order valence-corrected chi connectivity index (χ0v) is 19.1. The number of pyridine rings is 1. The quantitative estimate of drug-likeness (QED) is 0.546. The number of para-hydroxylation sites is 1. The van der Waals surface area contributed by atoms with Crippen molar-refractivity contribution in [2.45, 2.75) is 36.6 Å². The van der Waals surface area contributed by atoms with Gasteiger partial charge in [0, 0.05) is 12.6 Å². The van der Waals surface area contributed by atoms with Crippen LogP contribution in [0.2, 0.25) is 0 Å². The molecule has 2 heterocycles. The molecular formula is C22H25N3O6S. The molecule has 0 aliphatic heterocycles. The Bertz CT molecular complexity index is 1250. The van der Waals surface area contributed by atoms with Gasteiger partial charge in [-0.2, -0.15) is 4.98 Å². The minimum Gasteiger partial charge on any atom is -0.494 e. The minimum atomic E-state index is -4.46. The van der Waals surface area contributed by atoms with Crippen LogP contribution >= 0.6 is 0 Å². The standard InChI is InChI=1S/C22H25N3O6S/c1-14(2)11-12-17-24-21(26)20(32(28,29)18-10-5-6-13-23-18)22(27)25(17)19-15(30-3)8-7-9-16(19)31-4/h5-10,13-14,27H,11-12H2,1-4H3. The Morgan fingerprint density at radius 2 is 1.72 bits per heavy atom. The summed E-state index contributed by atoms with van der Waals surface area (Å²) < 4.78 is 38.5. The summed E-state index contributed by atoms with van der Waals surface area (Å²) >= 11 is 0. The van der Waals surface area contributed by atoms with E-state index in [1.807, 2.05) is 13.8 Å². The van der Waals surface area contributed by atoms with Crippen molar-refractivity contribution in [2.24, 2.45) is 5.92 Å². The van der Waals surface area contributed by atoms with Crippen molar-refractivity contribution in [1.82, 2.24) is 14.5 Å². The average molecular weight is 460 g/mol. The summed E-state index contributed by atoms with van der Waals surface area (Å²) in [5.74, 6) is 0.286. The lowest BCUT2D eigenvalue weighted by Crippen LogP contribution is -2.25. The molecule has 2 aromatic heterocycles. The monoisotopic (exact) mass is 459 g/mol. The lowest BCUT2D eigenvalue weighted by molar-refractivity contribution is 0.373. The zero-order chi connectivity index (χ0) is 23.5.